The topological polar surface area (TPSA) is 169 Å². The average Bonchev–Trinajstić information content (AvgIpc) is 3.64. The zero-order valence-electron chi connectivity index (χ0n) is 22.0. The predicted molar refractivity (Wildman–Crippen MR) is 143 cm³/mol. The number of nitrogens with one attached hydrogen (secondary N) is 3. The summed E-state index contributed by atoms with van der Waals surface area (Å²) in [5.41, 5.74) is -0.844. The van der Waals surface area contributed by atoms with Gasteiger partial charge in [-0.25, -0.2) is 19.2 Å². The van der Waals surface area contributed by atoms with Crippen LogP contribution in [0.3, 0.4) is 0 Å². The standard InChI is InChI=1S/C26H30FN7O4S/c1-14-9-15(11-28)12-29-19(14)21(35)32-18-6-5-16(27)20(31-18)25(4)17-10-26(7-8-26)13-30-39(17,38)24(2,3)22(34-25)33-23(36)37/h5-6,9,12,17,39H,7-8,10,13H2,1-4H3,(H,30,38)(H,33,34)(H,36,37)(H,31,32,35)/t17-,25+/m1/s1. The summed E-state index contributed by atoms with van der Waals surface area (Å²) in [4.78, 5) is 37.8. The maximum atomic E-state index is 15.5. The number of aryl methyl sites for hydroxylation is 1. The number of rotatable bonds is 3. The molecule has 0 unspecified atom stereocenters. The van der Waals surface area contributed by atoms with Crippen LogP contribution in [0, 0.1) is 29.5 Å². The lowest BCUT2D eigenvalue weighted by Crippen LogP contribution is -2.71. The Balaban J connectivity index is 1.59. The van der Waals surface area contributed by atoms with Crippen LogP contribution in [-0.2, 0) is 15.7 Å². The smallest absolute Gasteiger partial charge is 0.410 e. The molecule has 206 valence electrons. The van der Waals surface area contributed by atoms with Crippen molar-refractivity contribution in [1.29, 1.82) is 5.26 Å². The molecule has 13 heteroatoms. The molecule has 1 aliphatic carbocycles. The van der Waals surface area contributed by atoms with E-state index in [-0.39, 0.29) is 28.5 Å². The SMILES string of the molecule is Cc1cc(C#N)cnc1C(=O)Nc1ccc(F)c([C@@]2(C)N=C(NC(=O)O)C(C)(C)[SH]3(=O)NCC4(CC4)C[C@H]23)n1. The minimum absolute atomic E-state index is 0.0238. The molecule has 0 aromatic carbocycles. The van der Waals surface area contributed by atoms with Gasteiger partial charge in [0, 0.05) is 12.7 Å². The summed E-state index contributed by atoms with van der Waals surface area (Å²) in [6.07, 6.45) is 2.32. The van der Waals surface area contributed by atoms with Gasteiger partial charge in [-0.1, -0.05) is 0 Å². The molecule has 11 nitrogen and oxygen atoms in total. The molecule has 39 heavy (non-hydrogen) atoms. The van der Waals surface area contributed by atoms with E-state index < -0.39 is 43.5 Å². The van der Waals surface area contributed by atoms with Crippen molar-refractivity contribution in [2.24, 2.45) is 10.4 Å². The quantitative estimate of drug-likeness (QED) is 0.363. The molecule has 3 aliphatic rings. The fourth-order valence-corrected chi connectivity index (χ4v) is 9.63. The largest absolute Gasteiger partial charge is 0.465 e. The summed E-state index contributed by atoms with van der Waals surface area (Å²) in [7, 11) is -3.42. The second kappa shape index (κ2) is 8.89. The van der Waals surface area contributed by atoms with Gasteiger partial charge in [0.05, 0.1) is 15.6 Å². The zero-order valence-corrected chi connectivity index (χ0v) is 22.9. The number of anilines is 1. The molecule has 2 aromatic heterocycles. The monoisotopic (exact) mass is 555 g/mol. The van der Waals surface area contributed by atoms with Crippen LogP contribution in [-0.4, -0.2) is 53.7 Å². The van der Waals surface area contributed by atoms with Crippen LogP contribution in [0.15, 0.2) is 29.4 Å². The van der Waals surface area contributed by atoms with Crippen molar-refractivity contribution in [1.82, 2.24) is 20.0 Å². The summed E-state index contributed by atoms with van der Waals surface area (Å²) in [5.74, 6) is -1.33. The van der Waals surface area contributed by atoms with E-state index >= 15 is 4.39 Å². The summed E-state index contributed by atoms with van der Waals surface area (Å²) < 4.78 is 32.4. The number of aliphatic imine (C=N–C) groups is 1. The Morgan fingerprint density at radius 1 is 1.26 bits per heavy atom. The highest BCUT2D eigenvalue weighted by atomic mass is 32.3. The van der Waals surface area contributed by atoms with E-state index in [1.807, 2.05) is 6.07 Å². The molecule has 1 saturated carbocycles. The van der Waals surface area contributed by atoms with Gasteiger partial charge in [-0.3, -0.25) is 24.0 Å². The first-order valence-corrected chi connectivity index (χ1v) is 14.3. The lowest BCUT2D eigenvalue weighted by atomic mass is 9.84. The first-order chi connectivity index (χ1) is 18.2. The van der Waals surface area contributed by atoms with E-state index in [1.165, 1.54) is 18.3 Å². The average molecular weight is 556 g/mol. The van der Waals surface area contributed by atoms with Crippen molar-refractivity contribution >= 4 is 33.8 Å². The molecule has 2 aromatic rings. The van der Waals surface area contributed by atoms with Crippen molar-refractivity contribution in [2.75, 3.05) is 11.9 Å². The molecular weight excluding hydrogens is 525 g/mol. The molecule has 0 radical (unpaired) electrons. The third-order valence-electron chi connectivity index (χ3n) is 8.33. The van der Waals surface area contributed by atoms with E-state index in [0.717, 1.165) is 18.9 Å². The number of hydrogen-bond acceptors (Lipinski definition) is 7. The van der Waals surface area contributed by atoms with Crippen molar-refractivity contribution in [3.8, 4) is 6.07 Å². The first kappa shape index (κ1) is 26.8. The van der Waals surface area contributed by atoms with Gasteiger partial charge in [-0.05, 0) is 86.3 Å². The number of carbonyl (C=O) groups is 2. The van der Waals surface area contributed by atoms with Gasteiger partial charge < -0.3 is 10.4 Å². The second-order valence-electron chi connectivity index (χ2n) is 11.3. The maximum absolute atomic E-state index is 15.5. The van der Waals surface area contributed by atoms with E-state index in [2.05, 4.69) is 25.3 Å². The van der Waals surface area contributed by atoms with Gasteiger partial charge in [0.15, 0.2) is 0 Å². The molecule has 2 atom stereocenters. The number of thiol groups is 1. The van der Waals surface area contributed by atoms with E-state index in [9.17, 15) is 18.9 Å². The summed E-state index contributed by atoms with van der Waals surface area (Å²) >= 11 is 0. The number of nitrogens with zero attached hydrogens (tertiary/aromatic N) is 4. The number of amides is 2. The van der Waals surface area contributed by atoms with Gasteiger partial charge >= 0.3 is 6.09 Å². The van der Waals surface area contributed by atoms with Crippen molar-refractivity contribution in [3.05, 3.63) is 52.7 Å². The van der Waals surface area contributed by atoms with Gasteiger partial charge in [-0.2, -0.15) is 5.26 Å². The van der Waals surface area contributed by atoms with Crippen molar-refractivity contribution in [3.63, 3.8) is 0 Å². The van der Waals surface area contributed by atoms with Crippen LogP contribution in [0.2, 0.25) is 0 Å². The lowest BCUT2D eigenvalue weighted by Gasteiger charge is -2.57. The Bertz CT molecular complexity index is 1530. The number of hydrogen-bond donors (Lipinski definition) is 5. The highest BCUT2D eigenvalue weighted by molar-refractivity contribution is 8.04. The van der Waals surface area contributed by atoms with Gasteiger partial charge in [-0.15, -0.1) is 0 Å². The number of pyridine rings is 2. The van der Waals surface area contributed by atoms with Crippen LogP contribution >= 0.6 is 0 Å². The third-order valence-corrected chi connectivity index (χ3v) is 12.4. The van der Waals surface area contributed by atoms with Gasteiger partial charge in [0.25, 0.3) is 5.91 Å². The molecule has 2 fully saturated rings. The second-order valence-corrected chi connectivity index (χ2v) is 14.7. The predicted octanol–water partition coefficient (Wildman–Crippen LogP) is 2.80. The van der Waals surface area contributed by atoms with Crippen LogP contribution in [0.4, 0.5) is 15.0 Å². The van der Waals surface area contributed by atoms with Crippen LogP contribution in [0.1, 0.15) is 67.3 Å². The van der Waals surface area contributed by atoms with E-state index in [1.54, 1.807) is 27.7 Å². The van der Waals surface area contributed by atoms with E-state index in [0.29, 0.717) is 24.1 Å². The van der Waals surface area contributed by atoms with Crippen LogP contribution < -0.4 is 15.4 Å². The van der Waals surface area contributed by atoms with Crippen LogP contribution in [0.25, 0.3) is 0 Å². The molecule has 1 spiro atoms. The molecule has 0 bridgehead atoms. The summed E-state index contributed by atoms with van der Waals surface area (Å²) in [5, 5.41) is 22.8. The van der Waals surface area contributed by atoms with E-state index in [4.69, 9.17) is 10.3 Å². The Kier molecular flexibility index (Phi) is 6.12. The fraction of sp³-hybridized carbons (Fsp3) is 0.462. The zero-order chi connectivity index (χ0) is 28.4. The fourth-order valence-electron chi connectivity index (χ4n) is 5.71. The third kappa shape index (κ3) is 4.28. The minimum Gasteiger partial charge on any atom is -0.465 e. The Morgan fingerprint density at radius 3 is 2.59 bits per heavy atom. The molecule has 2 amide bonds. The molecule has 4 heterocycles. The molecule has 5 rings (SSSR count). The Labute approximate surface area is 225 Å². The number of carbonyl (C=O) groups excluding carboxylic acids is 1. The molecule has 1 saturated heterocycles. The number of amidine groups is 1. The van der Waals surface area contributed by atoms with Gasteiger partial charge in [0.2, 0.25) is 0 Å². The highest BCUT2D eigenvalue weighted by Gasteiger charge is 2.64. The maximum Gasteiger partial charge on any atom is 0.410 e. The number of carboxylic acid groups (broad SMARTS) is 1. The lowest BCUT2D eigenvalue weighted by molar-refractivity contribution is 0.102. The molecule has 4 N–H and O–H groups in total. The molecular formula is C26H30FN7O4S. The normalized spacial score (nSPS) is 26.4. The van der Waals surface area contributed by atoms with Crippen molar-refractivity contribution < 1.29 is 23.3 Å². The number of aromatic nitrogens is 2. The number of nitriles is 1. The number of fused-ring (bicyclic) bond motifs is 1. The first-order valence-electron chi connectivity index (χ1n) is 12.6. The van der Waals surface area contributed by atoms with Gasteiger partial charge in [0.1, 0.15) is 40.5 Å². The number of halogens is 1. The Morgan fingerprint density at radius 2 is 1.97 bits per heavy atom. The molecule has 2 aliphatic heterocycles. The Hall–Kier alpha value is -3.76. The highest BCUT2D eigenvalue weighted by Crippen LogP contribution is 2.59. The summed E-state index contributed by atoms with van der Waals surface area (Å²) in [6.45, 7) is 7.16. The summed E-state index contributed by atoms with van der Waals surface area (Å²) in [6, 6.07) is 5.94. The van der Waals surface area contributed by atoms with Crippen LogP contribution in [0.5, 0.6) is 0 Å². The minimum atomic E-state index is -3.42. The van der Waals surface area contributed by atoms with Crippen molar-refractivity contribution in [2.45, 2.75) is 62.5 Å².